The zero-order chi connectivity index (χ0) is 9.52. The molecular formula is C11H15NO. The van der Waals surface area contributed by atoms with Crippen molar-refractivity contribution in [2.75, 3.05) is 0 Å². The largest absolute Gasteiger partial charge is 0.405 e. The highest BCUT2D eigenvalue weighted by Gasteiger charge is 1.97. The van der Waals surface area contributed by atoms with Crippen LogP contribution in [0.25, 0.3) is 0 Å². The lowest BCUT2D eigenvalue weighted by Gasteiger charge is -2.04. The molecular weight excluding hydrogens is 162 g/mol. The van der Waals surface area contributed by atoms with Gasteiger partial charge in [-0.3, -0.25) is 0 Å². The molecule has 2 heteroatoms. The molecule has 0 unspecified atom stereocenters. The van der Waals surface area contributed by atoms with Crippen molar-refractivity contribution in [2.24, 2.45) is 5.73 Å². The maximum Gasteiger partial charge on any atom is 0.0684 e. The van der Waals surface area contributed by atoms with Crippen LogP contribution in [0.15, 0.2) is 36.5 Å². The molecule has 2 nitrogen and oxygen atoms in total. The maximum absolute atomic E-state index is 9.03. The molecule has 13 heavy (non-hydrogen) atoms. The molecule has 70 valence electrons. The molecule has 0 aliphatic rings. The van der Waals surface area contributed by atoms with Gasteiger partial charge in [0, 0.05) is 0 Å². The molecule has 0 aliphatic carbocycles. The van der Waals surface area contributed by atoms with E-state index in [1.165, 1.54) is 5.56 Å². The van der Waals surface area contributed by atoms with Gasteiger partial charge in [-0.05, 0) is 30.2 Å². The first-order valence-corrected chi connectivity index (χ1v) is 4.43. The Morgan fingerprint density at radius 3 is 2.54 bits per heavy atom. The lowest BCUT2D eigenvalue weighted by molar-refractivity contribution is 0.280. The van der Waals surface area contributed by atoms with Gasteiger partial charge in [0.2, 0.25) is 0 Å². The Balaban J connectivity index is 2.64. The molecule has 0 saturated heterocycles. The molecule has 1 aromatic carbocycles. The van der Waals surface area contributed by atoms with Crippen LogP contribution in [0.5, 0.6) is 0 Å². The highest BCUT2D eigenvalue weighted by atomic mass is 16.3. The summed E-state index contributed by atoms with van der Waals surface area (Å²) in [5.41, 5.74) is 7.44. The second kappa shape index (κ2) is 5.38. The summed E-state index contributed by atoms with van der Waals surface area (Å²) in [6.07, 6.45) is 5.34. The first-order chi connectivity index (χ1) is 6.38. The molecule has 1 rings (SSSR count). The first kappa shape index (κ1) is 9.81. The van der Waals surface area contributed by atoms with Crippen molar-refractivity contribution >= 4 is 0 Å². The molecule has 0 fully saturated rings. The Labute approximate surface area is 78.7 Å². The number of aliphatic hydroxyl groups excluding tert-OH is 1. The van der Waals surface area contributed by atoms with Gasteiger partial charge in [0.1, 0.15) is 0 Å². The summed E-state index contributed by atoms with van der Waals surface area (Å²) in [6, 6.07) is 7.91. The van der Waals surface area contributed by atoms with Crippen molar-refractivity contribution in [1.82, 2.24) is 0 Å². The Hall–Kier alpha value is -1.28. The Morgan fingerprint density at radius 2 is 1.92 bits per heavy atom. The van der Waals surface area contributed by atoms with Gasteiger partial charge in [0.15, 0.2) is 0 Å². The van der Waals surface area contributed by atoms with Gasteiger partial charge in [0.25, 0.3) is 0 Å². The van der Waals surface area contributed by atoms with Crippen LogP contribution in [0.4, 0.5) is 0 Å². The average molecular weight is 177 g/mol. The van der Waals surface area contributed by atoms with Gasteiger partial charge in [-0.1, -0.05) is 30.3 Å². The minimum Gasteiger partial charge on any atom is -0.405 e. The number of nitrogens with two attached hydrogens (primary N) is 1. The third kappa shape index (κ3) is 2.92. The van der Waals surface area contributed by atoms with Gasteiger partial charge in [-0.15, -0.1) is 0 Å². The van der Waals surface area contributed by atoms with E-state index in [9.17, 15) is 0 Å². The van der Waals surface area contributed by atoms with Crippen LogP contribution in [-0.4, -0.2) is 5.11 Å². The zero-order valence-corrected chi connectivity index (χ0v) is 7.61. The standard InChI is InChI=1S/C11H15NO/c12-8-4-3-6-10-5-1-2-7-11(10)9-13/h1-2,4-5,7-8,13H,3,6,9,12H2/b8-4+. The third-order valence-electron chi connectivity index (χ3n) is 2.01. The summed E-state index contributed by atoms with van der Waals surface area (Å²) >= 11 is 0. The topological polar surface area (TPSA) is 46.2 Å². The molecule has 0 heterocycles. The van der Waals surface area contributed by atoms with Crippen LogP contribution in [-0.2, 0) is 13.0 Å². The first-order valence-electron chi connectivity index (χ1n) is 4.43. The smallest absolute Gasteiger partial charge is 0.0684 e. The second-order valence-electron chi connectivity index (χ2n) is 2.89. The number of allylic oxidation sites excluding steroid dienone is 1. The fourth-order valence-corrected chi connectivity index (χ4v) is 1.29. The van der Waals surface area contributed by atoms with Crippen molar-refractivity contribution in [3.8, 4) is 0 Å². The predicted molar refractivity (Wildman–Crippen MR) is 54.0 cm³/mol. The number of hydrogen-bond acceptors (Lipinski definition) is 2. The maximum atomic E-state index is 9.03. The van der Waals surface area contributed by atoms with Crippen molar-refractivity contribution in [3.63, 3.8) is 0 Å². The highest BCUT2D eigenvalue weighted by Crippen LogP contribution is 2.10. The fourth-order valence-electron chi connectivity index (χ4n) is 1.29. The summed E-state index contributed by atoms with van der Waals surface area (Å²) < 4.78 is 0. The molecule has 0 amide bonds. The van der Waals surface area contributed by atoms with E-state index in [1.54, 1.807) is 6.20 Å². The number of aryl methyl sites for hydroxylation is 1. The van der Waals surface area contributed by atoms with Crippen LogP contribution in [0.2, 0.25) is 0 Å². The Bertz CT molecular complexity index is 281. The van der Waals surface area contributed by atoms with Gasteiger partial charge in [-0.2, -0.15) is 0 Å². The van der Waals surface area contributed by atoms with Crippen LogP contribution >= 0.6 is 0 Å². The fraction of sp³-hybridized carbons (Fsp3) is 0.273. The lowest BCUT2D eigenvalue weighted by Crippen LogP contribution is -1.93. The molecule has 0 bridgehead atoms. The normalized spacial score (nSPS) is 10.8. The van der Waals surface area contributed by atoms with Crippen molar-refractivity contribution in [3.05, 3.63) is 47.7 Å². The summed E-state index contributed by atoms with van der Waals surface area (Å²) in [4.78, 5) is 0. The van der Waals surface area contributed by atoms with Crippen LogP contribution in [0.1, 0.15) is 17.5 Å². The van der Waals surface area contributed by atoms with E-state index >= 15 is 0 Å². The average Bonchev–Trinajstić information content (AvgIpc) is 2.19. The number of benzene rings is 1. The van der Waals surface area contributed by atoms with E-state index in [-0.39, 0.29) is 6.61 Å². The molecule has 0 saturated carbocycles. The zero-order valence-electron chi connectivity index (χ0n) is 7.61. The quantitative estimate of drug-likeness (QED) is 0.733. The van der Waals surface area contributed by atoms with E-state index in [1.807, 2.05) is 30.3 Å². The van der Waals surface area contributed by atoms with Gasteiger partial charge >= 0.3 is 0 Å². The summed E-state index contributed by atoms with van der Waals surface area (Å²) in [5.74, 6) is 0. The highest BCUT2D eigenvalue weighted by molar-refractivity contribution is 5.26. The number of hydrogen-bond donors (Lipinski definition) is 2. The van der Waals surface area contributed by atoms with Crippen molar-refractivity contribution in [1.29, 1.82) is 0 Å². The molecule has 0 atom stereocenters. The number of aliphatic hydroxyl groups is 1. The monoisotopic (exact) mass is 177 g/mol. The Morgan fingerprint density at radius 1 is 1.23 bits per heavy atom. The van der Waals surface area contributed by atoms with Crippen molar-refractivity contribution < 1.29 is 5.11 Å². The molecule has 0 radical (unpaired) electrons. The molecule has 0 aromatic heterocycles. The minimum atomic E-state index is 0.114. The third-order valence-corrected chi connectivity index (χ3v) is 2.01. The summed E-state index contributed by atoms with van der Waals surface area (Å²) in [5, 5.41) is 9.03. The molecule has 1 aromatic rings. The SMILES string of the molecule is N/C=C/CCc1ccccc1CO. The van der Waals surface area contributed by atoms with Crippen molar-refractivity contribution in [2.45, 2.75) is 19.4 Å². The van der Waals surface area contributed by atoms with Crippen LogP contribution in [0, 0.1) is 0 Å². The number of rotatable bonds is 4. The van der Waals surface area contributed by atoms with E-state index in [2.05, 4.69) is 0 Å². The predicted octanol–water partition coefficient (Wildman–Crippen LogP) is 1.58. The van der Waals surface area contributed by atoms with E-state index in [0.29, 0.717) is 0 Å². The lowest BCUT2D eigenvalue weighted by atomic mass is 10.0. The molecule has 0 aliphatic heterocycles. The van der Waals surface area contributed by atoms with E-state index < -0.39 is 0 Å². The second-order valence-corrected chi connectivity index (χ2v) is 2.89. The van der Waals surface area contributed by atoms with Gasteiger partial charge in [-0.25, -0.2) is 0 Å². The Kier molecular flexibility index (Phi) is 4.06. The van der Waals surface area contributed by atoms with Gasteiger partial charge < -0.3 is 10.8 Å². The van der Waals surface area contributed by atoms with Crippen LogP contribution in [0.3, 0.4) is 0 Å². The summed E-state index contributed by atoms with van der Waals surface area (Å²) in [6.45, 7) is 0.114. The molecule has 3 N–H and O–H groups in total. The van der Waals surface area contributed by atoms with Gasteiger partial charge in [0.05, 0.1) is 6.61 Å². The van der Waals surface area contributed by atoms with Crippen LogP contribution < -0.4 is 5.73 Å². The van der Waals surface area contributed by atoms with E-state index in [0.717, 1.165) is 18.4 Å². The minimum absolute atomic E-state index is 0.114. The van der Waals surface area contributed by atoms with E-state index in [4.69, 9.17) is 10.8 Å². The summed E-state index contributed by atoms with van der Waals surface area (Å²) in [7, 11) is 0. The molecule has 0 spiro atoms.